The van der Waals surface area contributed by atoms with Crippen molar-refractivity contribution < 1.29 is 23.4 Å². The molecule has 7 heteroatoms. The van der Waals surface area contributed by atoms with E-state index in [0.717, 1.165) is 30.5 Å². The van der Waals surface area contributed by atoms with E-state index < -0.39 is 23.4 Å². The Hall–Kier alpha value is -2.70. The molecular weight excluding hydrogens is 258 g/mol. The number of carbonyl (C=O) groups is 1. The summed E-state index contributed by atoms with van der Waals surface area (Å²) in [4.78, 5) is 14.6. The Morgan fingerprint density at radius 1 is 1.26 bits per heavy atom. The van der Waals surface area contributed by atoms with Crippen molar-refractivity contribution in [3.63, 3.8) is 0 Å². The van der Waals surface area contributed by atoms with Crippen LogP contribution in [-0.2, 0) is 0 Å². The number of nitrogen functional groups attached to an aromatic ring is 1. The molecule has 1 aromatic heterocycles. The Labute approximate surface area is 106 Å². The van der Waals surface area contributed by atoms with Gasteiger partial charge in [-0.3, -0.25) is 0 Å². The van der Waals surface area contributed by atoms with Crippen molar-refractivity contribution in [3.05, 3.63) is 47.7 Å². The summed E-state index contributed by atoms with van der Waals surface area (Å²) in [6.07, 6.45) is 1.03. The molecule has 0 aliphatic carbocycles. The van der Waals surface area contributed by atoms with Gasteiger partial charge in [-0.15, -0.1) is 0 Å². The van der Waals surface area contributed by atoms with Crippen LogP contribution in [-0.4, -0.2) is 16.1 Å². The molecule has 2 aromatic rings. The van der Waals surface area contributed by atoms with Gasteiger partial charge in [-0.25, -0.2) is 18.6 Å². The van der Waals surface area contributed by atoms with Crippen molar-refractivity contribution in [2.45, 2.75) is 0 Å². The minimum Gasteiger partial charge on any atom is -0.478 e. The Morgan fingerprint density at radius 2 is 2.00 bits per heavy atom. The molecule has 1 aromatic carbocycles. The van der Waals surface area contributed by atoms with Gasteiger partial charge < -0.3 is 15.6 Å². The second-order valence-electron chi connectivity index (χ2n) is 3.59. The van der Waals surface area contributed by atoms with Gasteiger partial charge in [0.1, 0.15) is 17.2 Å². The van der Waals surface area contributed by atoms with Crippen LogP contribution >= 0.6 is 0 Å². The number of carboxylic acids is 1. The molecule has 0 saturated heterocycles. The number of benzene rings is 1. The molecule has 0 saturated carbocycles. The van der Waals surface area contributed by atoms with Crippen LogP contribution in [0.3, 0.4) is 0 Å². The molecule has 3 N–H and O–H groups in total. The van der Waals surface area contributed by atoms with Crippen LogP contribution in [0.1, 0.15) is 10.4 Å². The van der Waals surface area contributed by atoms with Crippen molar-refractivity contribution in [2.24, 2.45) is 0 Å². The van der Waals surface area contributed by atoms with Crippen molar-refractivity contribution in [3.8, 4) is 11.5 Å². The lowest BCUT2D eigenvalue weighted by molar-refractivity contribution is 0.0694. The van der Waals surface area contributed by atoms with Crippen LogP contribution in [0.2, 0.25) is 0 Å². The lowest BCUT2D eigenvalue weighted by Crippen LogP contribution is -2.03. The molecule has 0 radical (unpaired) electrons. The van der Waals surface area contributed by atoms with E-state index in [-0.39, 0.29) is 17.1 Å². The monoisotopic (exact) mass is 266 g/mol. The minimum absolute atomic E-state index is 0.0236. The SMILES string of the molecule is Nc1cc(C(=O)O)c(Oc2cc(F)ccc2F)cn1. The van der Waals surface area contributed by atoms with E-state index in [1.807, 2.05) is 0 Å². The lowest BCUT2D eigenvalue weighted by atomic mass is 10.2. The van der Waals surface area contributed by atoms with E-state index in [2.05, 4.69) is 4.98 Å². The number of aromatic carboxylic acids is 1. The summed E-state index contributed by atoms with van der Waals surface area (Å²) in [7, 11) is 0. The first-order valence-electron chi connectivity index (χ1n) is 5.09. The highest BCUT2D eigenvalue weighted by Gasteiger charge is 2.15. The van der Waals surface area contributed by atoms with Crippen LogP contribution in [0, 0.1) is 11.6 Å². The van der Waals surface area contributed by atoms with E-state index in [9.17, 15) is 13.6 Å². The van der Waals surface area contributed by atoms with Crippen LogP contribution in [0.4, 0.5) is 14.6 Å². The number of anilines is 1. The fraction of sp³-hybridized carbons (Fsp3) is 0. The zero-order valence-electron chi connectivity index (χ0n) is 9.43. The number of aromatic nitrogens is 1. The second-order valence-corrected chi connectivity index (χ2v) is 3.59. The normalized spacial score (nSPS) is 10.2. The zero-order chi connectivity index (χ0) is 14.0. The van der Waals surface area contributed by atoms with Crippen molar-refractivity contribution in [1.29, 1.82) is 0 Å². The topological polar surface area (TPSA) is 85.4 Å². The predicted molar refractivity (Wildman–Crippen MR) is 62.0 cm³/mol. The molecular formula is C12H8F2N2O3. The standard InChI is InChI=1S/C12H8F2N2O3/c13-6-1-2-8(14)9(3-6)19-10-5-16-11(15)4-7(10)12(17)18/h1-5H,(H2,15,16)(H,17,18). The highest BCUT2D eigenvalue weighted by molar-refractivity contribution is 5.91. The Balaban J connectivity index is 2.43. The number of pyridine rings is 1. The molecule has 0 aliphatic heterocycles. The smallest absolute Gasteiger partial charge is 0.339 e. The van der Waals surface area contributed by atoms with E-state index >= 15 is 0 Å². The molecule has 0 bridgehead atoms. The van der Waals surface area contributed by atoms with Crippen LogP contribution < -0.4 is 10.5 Å². The maximum Gasteiger partial charge on any atom is 0.339 e. The number of nitrogens with zero attached hydrogens (tertiary/aromatic N) is 1. The van der Waals surface area contributed by atoms with Crippen molar-refractivity contribution in [2.75, 3.05) is 5.73 Å². The summed E-state index contributed by atoms with van der Waals surface area (Å²) < 4.78 is 31.4. The first kappa shape index (κ1) is 12.7. The lowest BCUT2D eigenvalue weighted by Gasteiger charge is -2.09. The van der Waals surface area contributed by atoms with Crippen LogP contribution in [0.15, 0.2) is 30.5 Å². The summed E-state index contributed by atoms with van der Waals surface area (Å²) >= 11 is 0. The molecule has 19 heavy (non-hydrogen) atoms. The molecule has 2 rings (SSSR count). The molecule has 0 amide bonds. The fourth-order valence-corrected chi connectivity index (χ4v) is 1.38. The summed E-state index contributed by atoms with van der Waals surface area (Å²) in [5.74, 6) is -3.54. The van der Waals surface area contributed by atoms with E-state index in [1.54, 1.807) is 0 Å². The fourth-order valence-electron chi connectivity index (χ4n) is 1.38. The largest absolute Gasteiger partial charge is 0.478 e. The third-order valence-electron chi connectivity index (χ3n) is 2.23. The molecule has 0 fully saturated rings. The maximum atomic E-state index is 13.4. The maximum absolute atomic E-state index is 13.4. The van der Waals surface area contributed by atoms with Crippen molar-refractivity contribution >= 4 is 11.8 Å². The molecule has 0 atom stereocenters. The zero-order valence-corrected chi connectivity index (χ0v) is 9.43. The summed E-state index contributed by atoms with van der Waals surface area (Å²) in [6, 6.07) is 3.66. The first-order valence-corrected chi connectivity index (χ1v) is 5.09. The molecule has 1 heterocycles. The summed E-state index contributed by atoms with van der Waals surface area (Å²) in [6.45, 7) is 0. The van der Waals surface area contributed by atoms with Gasteiger partial charge in [0.15, 0.2) is 17.3 Å². The average molecular weight is 266 g/mol. The van der Waals surface area contributed by atoms with Gasteiger partial charge in [-0.2, -0.15) is 0 Å². The van der Waals surface area contributed by atoms with Crippen molar-refractivity contribution in [1.82, 2.24) is 4.98 Å². The second kappa shape index (κ2) is 4.89. The third-order valence-corrected chi connectivity index (χ3v) is 2.23. The summed E-state index contributed by atoms with van der Waals surface area (Å²) in [5, 5.41) is 8.96. The first-order chi connectivity index (χ1) is 8.97. The highest BCUT2D eigenvalue weighted by atomic mass is 19.1. The Kier molecular flexibility index (Phi) is 3.28. The molecule has 0 unspecified atom stereocenters. The molecule has 5 nitrogen and oxygen atoms in total. The predicted octanol–water partition coefficient (Wildman–Crippen LogP) is 2.43. The molecule has 0 spiro atoms. The van der Waals surface area contributed by atoms with E-state index in [4.69, 9.17) is 15.6 Å². The number of hydrogen-bond acceptors (Lipinski definition) is 4. The van der Waals surface area contributed by atoms with Gasteiger partial charge in [0, 0.05) is 6.07 Å². The average Bonchev–Trinajstić information content (AvgIpc) is 2.35. The molecule has 0 aliphatic rings. The van der Waals surface area contributed by atoms with Gasteiger partial charge in [0.2, 0.25) is 0 Å². The number of nitrogens with two attached hydrogens (primary N) is 1. The van der Waals surface area contributed by atoms with Gasteiger partial charge in [0.05, 0.1) is 6.20 Å². The van der Waals surface area contributed by atoms with E-state index in [0.29, 0.717) is 0 Å². The van der Waals surface area contributed by atoms with E-state index in [1.165, 1.54) is 0 Å². The van der Waals surface area contributed by atoms with Crippen LogP contribution in [0.5, 0.6) is 11.5 Å². The third kappa shape index (κ3) is 2.76. The number of carboxylic acid groups (broad SMARTS) is 1. The Bertz CT molecular complexity index is 647. The van der Waals surface area contributed by atoms with Crippen LogP contribution in [0.25, 0.3) is 0 Å². The summed E-state index contributed by atoms with van der Waals surface area (Å²) in [5.41, 5.74) is 5.05. The highest BCUT2D eigenvalue weighted by Crippen LogP contribution is 2.28. The number of hydrogen-bond donors (Lipinski definition) is 2. The number of ether oxygens (including phenoxy) is 1. The molecule has 98 valence electrons. The number of halogens is 2. The van der Waals surface area contributed by atoms with Gasteiger partial charge >= 0.3 is 5.97 Å². The van der Waals surface area contributed by atoms with Gasteiger partial charge in [0.25, 0.3) is 0 Å². The number of rotatable bonds is 3. The Morgan fingerprint density at radius 3 is 2.68 bits per heavy atom. The minimum atomic E-state index is -1.32. The van der Waals surface area contributed by atoms with Gasteiger partial charge in [-0.05, 0) is 18.2 Å². The quantitative estimate of drug-likeness (QED) is 0.891. The van der Waals surface area contributed by atoms with Gasteiger partial charge in [-0.1, -0.05) is 0 Å².